The highest BCUT2D eigenvalue weighted by atomic mass is 16.5. The molecule has 1 fully saturated rings. The number of benzene rings is 1. The van der Waals surface area contributed by atoms with Crippen molar-refractivity contribution in [3.8, 4) is 0 Å². The first-order chi connectivity index (χ1) is 11.3. The number of carbonyl (C=O) groups is 1. The summed E-state index contributed by atoms with van der Waals surface area (Å²) in [6, 6.07) is 10.4. The van der Waals surface area contributed by atoms with E-state index < -0.39 is 0 Å². The molecule has 1 aromatic carbocycles. The Morgan fingerprint density at radius 3 is 2.91 bits per heavy atom. The van der Waals surface area contributed by atoms with Gasteiger partial charge in [0.15, 0.2) is 0 Å². The SMILES string of the molecule is O=C(CCc1cn[nH]c1)N1CCO[C@@H](CCc2ccccc2)C1. The molecule has 1 aromatic heterocycles. The third-order valence-electron chi connectivity index (χ3n) is 4.27. The maximum Gasteiger partial charge on any atom is 0.223 e. The predicted octanol–water partition coefficient (Wildman–Crippen LogP) is 2.20. The monoisotopic (exact) mass is 313 g/mol. The molecule has 0 saturated carbocycles. The number of morpholine rings is 1. The average molecular weight is 313 g/mol. The van der Waals surface area contributed by atoms with E-state index >= 15 is 0 Å². The molecule has 5 nitrogen and oxygen atoms in total. The van der Waals surface area contributed by atoms with E-state index in [2.05, 4.69) is 34.5 Å². The number of ether oxygens (including phenoxy) is 1. The molecule has 2 heterocycles. The second kappa shape index (κ2) is 7.92. The molecule has 0 bridgehead atoms. The summed E-state index contributed by atoms with van der Waals surface area (Å²) in [5, 5.41) is 6.69. The fraction of sp³-hybridized carbons (Fsp3) is 0.444. The summed E-state index contributed by atoms with van der Waals surface area (Å²) < 4.78 is 5.82. The summed E-state index contributed by atoms with van der Waals surface area (Å²) >= 11 is 0. The molecule has 0 radical (unpaired) electrons. The number of aryl methyl sites for hydroxylation is 2. The highest BCUT2D eigenvalue weighted by Gasteiger charge is 2.23. The lowest BCUT2D eigenvalue weighted by molar-refractivity contribution is -0.138. The second-order valence-corrected chi connectivity index (χ2v) is 5.96. The van der Waals surface area contributed by atoms with Crippen molar-refractivity contribution in [3.63, 3.8) is 0 Å². The van der Waals surface area contributed by atoms with Crippen molar-refractivity contribution in [3.05, 3.63) is 53.9 Å². The van der Waals surface area contributed by atoms with Crippen molar-refractivity contribution in [2.75, 3.05) is 19.7 Å². The van der Waals surface area contributed by atoms with Crippen LogP contribution in [-0.2, 0) is 22.4 Å². The zero-order valence-corrected chi connectivity index (χ0v) is 13.3. The minimum absolute atomic E-state index is 0.141. The molecule has 122 valence electrons. The van der Waals surface area contributed by atoms with Crippen LogP contribution in [0.25, 0.3) is 0 Å². The maximum atomic E-state index is 12.4. The highest BCUT2D eigenvalue weighted by Crippen LogP contribution is 2.14. The zero-order valence-electron chi connectivity index (χ0n) is 13.3. The number of hydrogen-bond donors (Lipinski definition) is 1. The smallest absolute Gasteiger partial charge is 0.223 e. The van der Waals surface area contributed by atoms with Crippen LogP contribution in [0.4, 0.5) is 0 Å². The van der Waals surface area contributed by atoms with Crippen LogP contribution in [0.1, 0.15) is 24.0 Å². The number of aromatic nitrogens is 2. The Kier molecular flexibility index (Phi) is 5.42. The zero-order chi connectivity index (χ0) is 15.9. The summed E-state index contributed by atoms with van der Waals surface area (Å²) in [4.78, 5) is 14.3. The van der Waals surface area contributed by atoms with E-state index in [0.717, 1.165) is 24.8 Å². The lowest BCUT2D eigenvalue weighted by Crippen LogP contribution is -2.45. The number of rotatable bonds is 6. The molecule has 2 aromatic rings. The summed E-state index contributed by atoms with van der Waals surface area (Å²) in [5.74, 6) is 0.208. The Labute approximate surface area is 136 Å². The second-order valence-electron chi connectivity index (χ2n) is 5.96. The van der Waals surface area contributed by atoms with Gasteiger partial charge in [0.2, 0.25) is 5.91 Å². The van der Waals surface area contributed by atoms with E-state index in [4.69, 9.17) is 4.74 Å². The van der Waals surface area contributed by atoms with E-state index in [9.17, 15) is 4.79 Å². The number of hydrogen-bond acceptors (Lipinski definition) is 3. The van der Waals surface area contributed by atoms with Crippen molar-refractivity contribution < 1.29 is 9.53 Å². The third-order valence-corrected chi connectivity index (χ3v) is 4.27. The van der Waals surface area contributed by atoms with E-state index in [1.165, 1.54) is 5.56 Å². The van der Waals surface area contributed by atoms with Crippen molar-refractivity contribution in [2.24, 2.45) is 0 Å². The van der Waals surface area contributed by atoms with Crippen molar-refractivity contribution in [1.29, 1.82) is 0 Å². The molecule has 1 N–H and O–H groups in total. The van der Waals surface area contributed by atoms with Crippen LogP contribution in [0.15, 0.2) is 42.7 Å². The van der Waals surface area contributed by atoms with E-state index in [0.29, 0.717) is 26.1 Å². The third kappa shape index (κ3) is 4.66. The minimum Gasteiger partial charge on any atom is -0.375 e. The Hall–Kier alpha value is -2.14. The van der Waals surface area contributed by atoms with Gasteiger partial charge in [-0.25, -0.2) is 0 Å². The normalized spacial score (nSPS) is 18.1. The molecule has 0 aliphatic carbocycles. The quantitative estimate of drug-likeness (QED) is 0.889. The van der Waals surface area contributed by atoms with Gasteiger partial charge in [-0.05, 0) is 30.4 Å². The molecule has 1 aliphatic heterocycles. The molecule has 0 unspecified atom stereocenters. The van der Waals surface area contributed by atoms with Crippen LogP contribution in [0.3, 0.4) is 0 Å². The maximum absolute atomic E-state index is 12.4. The van der Waals surface area contributed by atoms with Crippen molar-refractivity contribution in [1.82, 2.24) is 15.1 Å². The Morgan fingerprint density at radius 1 is 1.26 bits per heavy atom. The fourth-order valence-electron chi connectivity index (χ4n) is 2.92. The number of nitrogens with one attached hydrogen (secondary N) is 1. The molecule has 0 spiro atoms. The summed E-state index contributed by atoms with van der Waals surface area (Å²) in [6.07, 6.45) is 6.97. The van der Waals surface area contributed by atoms with Crippen LogP contribution >= 0.6 is 0 Å². The molecule has 5 heteroatoms. The van der Waals surface area contributed by atoms with Gasteiger partial charge in [-0.1, -0.05) is 30.3 Å². The summed E-state index contributed by atoms with van der Waals surface area (Å²) in [5.41, 5.74) is 2.40. The van der Waals surface area contributed by atoms with E-state index in [-0.39, 0.29) is 12.0 Å². The van der Waals surface area contributed by atoms with Gasteiger partial charge in [-0.2, -0.15) is 5.10 Å². The number of H-pyrrole nitrogens is 1. The van der Waals surface area contributed by atoms with E-state index in [1.54, 1.807) is 6.20 Å². The van der Waals surface area contributed by atoms with Crippen LogP contribution in [0.5, 0.6) is 0 Å². The van der Waals surface area contributed by atoms with Gasteiger partial charge in [0, 0.05) is 25.7 Å². The summed E-state index contributed by atoms with van der Waals surface area (Å²) in [7, 11) is 0. The molecule has 1 aliphatic rings. The summed E-state index contributed by atoms with van der Waals surface area (Å²) in [6.45, 7) is 2.04. The molecular weight excluding hydrogens is 290 g/mol. The molecule has 1 saturated heterocycles. The molecule has 1 amide bonds. The van der Waals surface area contributed by atoms with Gasteiger partial charge < -0.3 is 9.64 Å². The molecule has 23 heavy (non-hydrogen) atoms. The van der Waals surface area contributed by atoms with Gasteiger partial charge in [-0.3, -0.25) is 9.89 Å². The van der Waals surface area contributed by atoms with Crippen LogP contribution in [-0.4, -0.2) is 46.8 Å². The predicted molar refractivity (Wildman–Crippen MR) is 88.0 cm³/mol. The number of nitrogens with zero attached hydrogens (tertiary/aromatic N) is 2. The molecule has 3 rings (SSSR count). The minimum atomic E-state index is 0.141. The number of aromatic amines is 1. The standard InChI is InChI=1S/C18H23N3O2/c22-18(9-7-16-12-19-20-13-16)21-10-11-23-17(14-21)8-6-15-4-2-1-3-5-15/h1-5,12-13,17H,6-11,14H2,(H,19,20)/t17-/m0/s1. The first-order valence-electron chi connectivity index (χ1n) is 8.22. The fourth-order valence-corrected chi connectivity index (χ4v) is 2.92. The van der Waals surface area contributed by atoms with Crippen LogP contribution < -0.4 is 0 Å². The number of carbonyl (C=O) groups excluding carboxylic acids is 1. The van der Waals surface area contributed by atoms with Crippen LogP contribution in [0.2, 0.25) is 0 Å². The molecular formula is C18H23N3O2. The topological polar surface area (TPSA) is 58.2 Å². The lowest BCUT2D eigenvalue weighted by atomic mass is 10.1. The van der Waals surface area contributed by atoms with Crippen LogP contribution in [0, 0.1) is 0 Å². The largest absolute Gasteiger partial charge is 0.375 e. The number of amides is 1. The first kappa shape index (κ1) is 15.7. The van der Waals surface area contributed by atoms with Gasteiger partial charge in [0.05, 0.1) is 18.9 Å². The van der Waals surface area contributed by atoms with E-state index in [1.807, 2.05) is 17.2 Å². The molecule has 1 atom stereocenters. The Balaban J connectivity index is 1.44. The Morgan fingerprint density at radius 2 is 2.13 bits per heavy atom. The van der Waals surface area contributed by atoms with Gasteiger partial charge in [-0.15, -0.1) is 0 Å². The Bertz CT molecular complexity index is 598. The van der Waals surface area contributed by atoms with Crippen molar-refractivity contribution >= 4 is 5.91 Å². The average Bonchev–Trinajstić information content (AvgIpc) is 3.12. The van der Waals surface area contributed by atoms with Gasteiger partial charge in [0.1, 0.15) is 0 Å². The van der Waals surface area contributed by atoms with Crippen molar-refractivity contribution in [2.45, 2.75) is 31.8 Å². The first-order valence-corrected chi connectivity index (χ1v) is 8.22. The lowest BCUT2D eigenvalue weighted by Gasteiger charge is -2.33. The highest BCUT2D eigenvalue weighted by molar-refractivity contribution is 5.76. The van der Waals surface area contributed by atoms with Gasteiger partial charge >= 0.3 is 0 Å². The van der Waals surface area contributed by atoms with Gasteiger partial charge in [0.25, 0.3) is 0 Å².